The predicted molar refractivity (Wildman–Crippen MR) is 92.7 cm³/mol. The van der Waals surface area contributed by atoms with Gasteiger partial charge in [-0.2, -0.15) is 0 Å². The van der Waals surface area contributed by atoms with Crippen LogP contribution >= 0.6 is 0 Å². The highest BCUT2D eigenvalue weighted by molar-refractivity contribution is 6.06. The third-order valence-electron chi connectivity index (χ3n) is 5.61. The molecule has 3 heterocycles. The second kappa shape index (κ2) is 6.13. The molecular formula is C18H26N4O. The number of carbonyl (C=O) groups is 1. The molecule has 0 aromatic heterocycles. The summed E-state index contributed by atoms with van der Waals surface area (Å²) < 4.78 is 0. The van der Waals surface area contributed by atoms with Crippen LogP contribution in [0.5, 0.6) is 0 Å². The Morgan fingerprint density at radius 1 is 1.17 bits per heavy atom. The summed E-state index contributed by atoms with van der Waals surface area (Å²) >= 11 is 0. The second-order valence-corrected chi connectivity index (χ2v) is 7.22. The van der Waals surface area contributed by atoms with Gasteiger partial charge >= 0.3 is 0 Å². The molecule has 2 fully saturated rings. The zero-order chi connectivity index (χ0) is 15.7. The number of benzene rings is 1. The highest BCUT2D eigenvalue weighted by atomic mass is 16.2. The lowest BCUT2D eigenvalue weighted by atomic mass is 9.84. The number of amides is 1. The molecule has 1 aromatic carbocycles. The normalized spacial score (nSPS) is 27.1. The molecule has 0 radical (unpaired) electrons. The number of fused-ring (bicyclic) bond motifs is 1. The van der Waals surface area contributed by atoms with E-state index in [1.807, 2.05) is 18.2 Å². The summed E-state index contributed by atoms with van der Waals surface area (Å²) in [5, 5.41) is 10.1. The minimum atomic E-state index is -0.421. The zero-order valence-electron chi connectivity index (χ0n) is 13.6. The molecule has 1 spiro atoms. The van der Waals surface area contributed by atoms with Gasteiger partial charge in [-0.15, -0.1) is 0 Å². The van der Waals surface area contributed by atoms with Crippen molar-refractivity contribution in [2.45, 2.75) is 31.2 Å². The van der Waals surface area contributed by atoms with Gasteiger partial charge in [-0.25, -0.2) is 0 Å². The molecule has 23 heavy (non-hydrogen) atoms. The number of nitrogens with zero attached hydrogens (tertiary/aromatic N) is 1. The van der Waals surface area contributed by atoms with Crippen molar-refractivity contribution in [1.29, 1.82) is 0 Å². The largest absolute Gasteiger partial charge is 0.369 e. The van der Waals surface area contributed by atoms with Gasteiger partial charge in [-0.3, -0.25) is 4.79 Å². The van der Waals surface area contributed by atoms with E-state index in [4.69, 9.17) is 0 Å². The van der Waals surface area contributed by atoms with E-state index in [-0.39, 0.29) is 5.91 Å². The third kappa shape index (κ3) is 2.95. The van der Waals surface area contributed by atoms with Gasteiger partial charge in [0.2, 0.25) is 5.91 Å². The van der Waals surface area contributed by atoms with Crippen molar-refractivity contribution >= 4 is 17.3 Å². The first-order chi connectivity index (χ1) is 11.3. The number of hydrogen-bond acceptors (Lipinski definition) is 4. The van der Waals surface area contributed by atoms with Crippen LogP contribution in [-0.4, -0.2) is 49.1 Å². The molecular weight excluding hydrogens is 288 g/mol. The monoisotopic (exact) mass is 314 g/mol. The highest BCUT2D eigenvalue weighted by Gasteiger charge is 2.44. The van der Waals surface area contributed by atoms with E-state index in [0.29, 0.717) is 0 Å². The molecule has 1 atom stereocenters. The topological polar surface area (TPSA) is 56.4 Å². The van der Waals surface area contributed by atoms with Crippen molar-refractivity contribution in [3.8, 4) is 0 Å². The smallest absolute Gasteiger partial charge is 0.250 e. The minimum absolute atomic E-state index is 0.134. The van der Waals surface area contributed by atoms with Crippen molar-refractivity contribution in [1.82, 2.24) is 10.2 Å². The Morgan fingerprint density at radius 3 is 2.70 bits per heavy atom. The molecule has 124 valence electrons. The van der Waals surface area contributed by atoms with Gasteiger partial charge in [-0.1, -0.05) is 12.1 Å². The van der Waals surface area contributed by atoms with Crippen LogP contribution in [0.1, 0.15) is 25.7 Å². The molecule has 0 bridgehead atoms. The standard InChI is InChI=1S/C18H26N4O/c23-17-18(21-16-6-2-1-5-15(16)20-17)7-10-22(11-8-18)13-14-4-3-9-19-12-14/h1-2,5-6,14,19,21H,3-4,7-13H2,(H,20,23). The Hall–Kier alpha value is -1.59. The maximum Gasteiger partial charge on any atom is 0.250 e. The van der Waals surface area contributed by atoms with E-state index in [1.54, 1.807) is 0 Å². The summed E-state index contributed by atoms with van der Waals surface area (Å²) in [4.78, 5) is 15.2. The van der Waals surface area contributed by atoms with Crippen LogP contribution < -0.4 is 16.0 Å². The summed E-state index contributed by atoms with van der Waals surface area (Å²) in [6.07, 6.45) is 4.39. The fraction of sp³-hybridized carbons (Fsp3) is 0.611. The average molecular weight is 314 g/mol. The summed E-state index contributed by atoms with van der Waals surface area (Å²) in [5.74, 6) is 0.904. The molecule has 0 saturated carbocycles. The summed E-state index contributed by atoms with van der Waals surface area (Å²) in [6, 6.07) is 7.98. The van der Waals surface area contributed by atoms with E-state index >= 15 is 0 Å². The number of para-hydroxylation sites is 2. The van der Waals surface area contributed by atoms with Crippen molar-refractivity contribution < 1.29 is 4.79 Å². The van der Waals surface area contributed by atoms with Gasteiger partial charge in [0.25, 0.3) is 0 Å². The quantitative estimate of drug-likeness (QED) is 0.780. The van der Waals surface area contributed by atoms with Crippen molar-refractivity contribution in [3.05, 3.63) is 24.3 Å². The number of nitrogens with one attached hydrogen (secondary N) is 3. The summed E-state index contributed by atoms with van der Waals surface area (Å²) in [5.41, 5.74) is 1.53. The zero-order valence-corrected chi connectivity index (χ0v) is 13.6. The number of carbonyl (C=O) groups excluding carboxylic acids is 1. The van der Waals surface area contributed by atoms with E-state index in [2.05, 4.69) is 26.9 Å². The fourth-order valence-corrected chi connectivity index (χ4v) is 4.17. The molecule has 3 aliphatic rings. The number of rotatable bonds is 2. The molecule has 5 nitrogen and oxygen atoms in total. The van der Waals surface area contributed by atoms with Crippen molar-refractivity contribution in [2.24, 2.45) is 5.92 Å². The molecule has 3 N–H and O–H groups in total. The van der Waals surface area contributed by atoms with Crippen LogP contribution in [0.4, 0.5) is 11.4 Å². The van der Waals surface area contributed by atoms with Crippen molar-refractivity contribution in [2.75, 3.05) is 43.4 Å². The van der Waals surface area contributed by atoms with Gasteiger partial charge in [0.1, 0.15) is 5.54 Å². The van der Waals surface area contributed by atoms with E-state index in [9.17, 15) is 4.79 Å². The first kappa shape index (κ1) is 15.0. The Morgan fingerprint density at radius 2 is 1.96 bits per heavy atom. The summed E-state index contributed by atoms with van der Waals surface area (Å²) in [6.45, 7) is 5.48. The van der Waals surface area contributed by atoms with E-state index < -0.39 is 5.54 Å². The Labute approximate surface area is 137 Å². The van der Waals surface area contributed by atoms with Crippen LogP contribution in [0.15, 0.2) is 24.3 Å². The van der Waals surface area contributed by atoms with Gasteiger partial charge in [-0.05, 0) is 56.8 Å². The molecule has 2 saturated heterocycles. The molecule has 3 aliphatic heterocycles. The lowest BCUT2D eigenvalue weighted by molar-refractivity contribution is -0.122. The molecule has 5 heteroatoms. The minimum Gasteiger partial charge on any atom is -0.369 e. The fourth-order valence-electron chi connectivity index (χ4n) is 4.17. The van der Waals surface area contributed by atoms with E-state index in [1.165, 1.54) is 25.9 Å². The number of piperidine rings is 2. The number of anilines is 2. The highest BCUT2D eigenvalue weighted by Crippen LogP contribution is 2.36. The number of hydrogen-bond donors (Lipinski definition) is 3. The second-order valence-electron chi connectivity index (χ2n) is 7.22. The number of likely N-dealkylation sites (tertiary alicyclic amines) is 1. The molecule has 0 aliphatic carbocycles. The molecule has 1 amide bonds. The van der Waals surface area contributed by atoms with Gasteiger partial charge < -0.3 is 20.9 Å². The first-order valence-corrected chi connectivity index (χ1v) is 8.87. The molecule has 1 unspecified atom stereocenters. The summed E-state index contributed by atoms with van der Waals surface area (Å²) in [7, 11) is 0. The maximum atomic E-state index is 12.6. The van der Waals surface area contributed by atoms with Gasteiger partial charge in [0.15, 0.2) is 0 Å². The lowest BCUT2D eigenvalue weighted by Gasteiger charge is -2.45. The first-order valence-electron chi connectivity index (χ1n) is 8.87. The van der Waals surface area contributed by atoms with Crippen LogP contribution in [0.2, 0.25) is 0 Å². The van der Waals surface area contributed by atoms with Crippen LogP contribution in [-0.2, 0) is 4.79 Å². The maximum absolute atomic E-state index is 12.6. The lowest BCUT2D eigenvalue weighted by Crippen LogP contribution is -2.58. The average Bonchev–Trinajstić information content (AvgIpc) is 2.59. The SMILES string of the molecule is O=C1Nc2ccccc2NC12CCN(CC1CCCNC1)CC2. The van der Waals surface area contributed by atoms with Crippen LogP contribution in [0.3, 0.4) is 0 Å². The van der Waals surface area contributed by atoms with E-state index in [0.717, 1.165) is 49.8 Å². The Balaban J connectivity index is 1.39. The van der Waals surface area contributed by atoms with Crippen molar-refractivity contribution in [3.63, 3.8) is 0 Å². The van der Waals surface area contributed by atoms with Gasteiger partial charge in [0, 0.05) is 19.6 Å². The predicted octanol–water partition coefficient (Wildman–Crippen LogP) is 1.88. The van der Waals surface area contributed by atoms with Crippen LogP contribution in [0, 0.1) is 5.92 Å². The Bertz CT molecular complexity index is 574. The van der Waals surface area contributed by atoms with Crippen LogP contribution in [0.25, 0.3) is 0 Å². The molecule has 1 aromatic rings. The molecule has 4 rings (SSSR count). The van der Waals surface area contributed by atoms with Gasteiger partial charge in [0.05, 0.1) is 11.4 Å². The third-order valence-corrected chi connectivity index (χ3v) is 5.61. The Kier molecular flexibility index (Phi) is 3.99.